The fraction of sp³-hybridized carbons (Fsp3) is 0.0667. The van der Waals surface area contributed by atoms with Crippen molar-refractivity contribution >= 4 is 29.3 Å². The van der Waals surface area contributed by atoms with Gasteiger partial charge < -0.3 is 0 Å². The summed E-state index contributed by atoms with van der Waals surface area (Å²) in [5, 5.41) is 4.65. The van der Waals surface area contributed by atoms with Crippen molar-refractivity contribution in [2.24, 2.45) is 0 Å². The number of fused-ring (bicyclic) bond motifs is 3. The smallest absolute Gasteiger partial charge is 0.266 e. The van der Waals surface area contributed by atoms with Crippen LogP contribution in [0.15, 0.2) is 52.5 Å². The first kappa shape index (κ1) is 13.0. The number of thiol groups is 1. The van der Waals surface area contributed by atoms with Crippen molar-refractivity contribution in [2.75, 3.05) is 0 Å². The lowest BCUT2D eigenvalue weighted by atomic mass is 10.2. The monoisotopic (exact) mass is 309 g/mol. The highest BCUT2D eigenvalue weighted by Gasteiger charge is 2.13. The molecule has 1 aromatic carbocycles. The Balaban J connectivity index is 2.15. The van der Waals surface area contributed by atoms with Gasteiger partial charge in [-0.2, -0.15) is 14.6 Å². The van der Waals surface area contributed by atoms with E-state index in [4.69, 9.17) is 0 Å². The first-order valence-electron chi connectivity index (χ1n) is 6.67. The molecule has 4 rings (SSSR count). The lowest BCUT2D eigenvalue weighted by molar-refractivity contribution is 0.940. The molecule has 0 aliphatic carbocycles. The van der Waals surface area contributed by atoms with E-state index in [1.165, 1.54) is 6.33 Å². The van der Waals surface area contributed by atoms with Gasteiger partial charge in [0.25, 0.3) is 11.3 Å². The van der Waals surface area contributed by atoms with E-state index >= 15 is 0 Å². The number of nitrogens with zero attached hydrogens (tertiary/aromatic N) is 5. The number of aromatic nitrogens is 5. The van der Waals surface area contributed by atoms with Crippen LogP contribution >= 0.6 is 12.6 Å². The minimum absolute atomic E-state index is 0.151. The largest absolute Gasteiger partial charge is 0.282 e. The van der Waals surface area contributed by atoms with Crippen LogP contribution in [0.3, 0.4) is 0 Å². The highest BCUT2D eigenvalue weighted by atomic mass is 32.1. The molecule has 0 saturated heterocycles. The number of hydrogen-bond donors (Lipinski definition) is 1. The van der Waals surface area contributed by atoms with E-state index in [-0.39, 0.29) is 5.56 Å². The molecule has 0 bridgehead atoms. The molecule has 0 spiro atoms. The minimum atomic E-state index is -0.151. The molecular weight excluding hydrogens is 298 g/mol. The molecule has 0 amide bonds. The highest BCUT2D eigenvalue weighted by molar-refractivity contribution is 7.80. The van der Waals surface area contributed by atoms with Gasteiger partial charge in [0.05, 0.1) is 22.3 Å². The molecule has 0 N–H and O–H groups in total. The Hall–Kier alpha value is -2.67. The van der Waals surface area contributed by atoms with Gasteiger partial charge in [0.15, 0.2) is 0 Å². The number of aryl methyl sites for hydroxylation is 1. The Morgan fingerprint density at radius 3 is 2.82 bits per heavy atom. The second kappa shape index (κ2) is 4.67. The van der Waals surface area contributed by atoms with Crippen molar-refractivity contribution in [3.05, 3.63) is 58.9 Å². The lowest BCUT2D eigenvalue weighted by Gasteiger charge is -2.10. The Kier molecular flexibility index (Phi) is 2.77. The molecule has 0 radical (unpaired) electrons. The molecule has 0 atom stereocenters. The standard InChI is InChI=1S/C15H11N5OS/c1-9-13-11(20-15(18-9)16-8-17-20)6-7-19(14(13)21)10-4-2-3-5-12(10)22/h2-8,22H,1H3. The summed E-state index contributed by atoms with van der Waals surface area (Å²) in [6.45, 7) is 1.80. The summed E-state index contributed by atoms with van der Waals surface area (Å²) in [6, 6.07) is 9.29. The van der Waals surface area contributed by atoms with Crippen LogP contribution in [-0.2, 0) is 0 Å². The molecule has 7 heteroatoms. The summed E-state index contributed by atoms with van der Waals surface area (Å²) >= 11 is 4.42. The third-order valence-corrected chi connectivity index (χ3v) is 3.98. The molecule has 3 heterocycles. The molecule has 6 nitrogen and oxygen atoms in total. The number of rotatable bonds is 1. The number of hydrogen-bond acceptors (Lipinski definition) is 5. The van der Waals surface area contributed by atoms with Gasteiger partial charge in [-0.25, -0.2) is 4.98 Å². The van der Waals surface area contributed by atoms with Crippen LogP contribution in [0, 0.1) is 6.92 Å². The van der Waals surface area contributed by atoms with Crippen molar-refractivity contribution in [2.45, 2.75) is 11.8 Å². The van der Waals surface area contributed by atoms with Crippen LogP contribution in [0.1, 0.15) is 5.69 Å². The average molecular weight is 309 g/mol. The summed E-state index contributed by atoms with van der Waals surface area (Å²) < 4.78 is 3.14. The molecule has 0 aliphatic heterocycles. The molecule has 0 saturated carbocycles. The van der Waals surface area contributed by atoms with Gasteiger partial charge in [-0.05, 0) is 25.1 Å². The second-order valence-corrected chi connectivity index (χ2v) is 5.39. The fourth-order valence-electron chi connectivity index (χ4n) is 2.59. The molecule has 108 valence electrons. The van der Waals surface area contributed by atoms with Crippen molar-refractivity contribution in [1.29, 1.82) is 0 Å². The van der Waals surface area contributed by atoms with E-state index in [9.17, 15) is 4.79 Å². The first-order valence-corrected chi connectivity index (χ1v) is 7.11. The first-order chi connectivity index (χ1) is 10.7. The maximum Gasteiger partial charge on any atom is 0.266 e. The van der Waals surface area contributed by atoms with E-state index in [0.29, 0.717) is 22.4 Å². The number of para-hydroxylation sites is 1. The van der Waals surface area contributed by atoms with Crippen molar-refractivity contribution in [1.82, 2.24) is 24.1 Å². The number of benzene rings is 1. The van der Waals surface area contributed by atoms with E-state index in [2.05, 4.69) is 27.7 Å². The van der Waals surface area contributed by atoms with Crippen LogP contribution in [0.25, 0.3) is 22.4 Å². The van der Waals surface area contributed by atoms with Crippen LogP contribution in [0.2, 0.25) is 0 Å². The van der Waals surface area contributed by atoms with Gasteiger partial charge in [-0.15, -0.1) is 12.6 Å². The van der Waals surface area contributed by atoms with E-state index in [1.54, 1.807) is 22.2 Å². The molecule has 3 aromatic heterocycles. The van der Waals surface area contributed by atoms with Crippen LogP contribution in [-0.4, -0.2) is 24.1 Å². The van der Waals surface area contributed by atoms with E-state index < -0.39 is 0 Å². The topological polar surface area (TPSA) is 65.1 Å². The zero-order chi connectivity index (χ0) is 15.3. The van der Waals surface area contributed by atoms with Gasteiger partial charge in [0.1, 0.15) is 6.33 Å². The van der Waals surface area contributed by atoms with E-state index in [1.807, 2.05) is 30.3 Å². The van der Waals surface area contributed by atoms with Crippen molar-refractivity contribution < 1.29 is 0 Å². The maximum atomic E-state index is 12.9. The van der Waals surface area contributed by atoms with Gasteiger partial charge in [0.2, 0.25) is 0 Å². The molecule has 0 unspecified atom stereocenters. The lowest BCUT2D eigenvalue weighted by Crippen LogP contribution is -2.20. The Labute approximate surface area is 130 Å². The van der Waals surface area contributed by atoms with Crippen LogP contribution < -0.4 is 5.56 Å². The normalized spacial score (nSPS) is 11.4. The Bertz CT molecular complexity index is 1080. The third-order valence-electron chi connectivity index (χ3n) is 3.60. The molecular formula is C15H11N5OS. The average Bonchev–Trinajstić information content (AvgIpc) is 2.96. The van der Waals surface area contributed by atoms with Crippen LogP contribution in [0.5, 0.6) is 0 Å². The Morgan fingerprint density at radius 1 is 1.18 bits per heavy atom. The van der Waals surface area contributed by atoms with Gasteiger partial charge in [-0.1, -0.05) is 12.1 Å². The highest BCUT2D eigenvalue weighted by Crippen LogP contribution is 2.19. The van der Waals surface area contributed by atoms with Gasteiger partial charge in [0, 0.05) is 11.1 Å². The summed E-state index contributed by atoms with van der Waals surface area (Å²) in [5.74, 6) is 0.483. The third kappa shape index (κ3) is 1.75. The van der Waals surface area contributed by atoms with E-state index in [0.717, 1.165) is 10.6 Å². The quantitative estimate of drug-likeness (QED) is 0.546. The van der Waals surface area contributed by atoms with Gasteiger partial charge >= 0.3 is 0 Å². The zero-order valence-electron chi connectivity index (χ0n) is 11.6. The predicted octanol–water partition coefficient (Wildman–Crippen LogP) is 2.03. The summed E-state index contributed by atoms with van der Waals surface area (Å²) in [7, 11) is 0. The second-order valence-electron chi connectivity index (χ2n) is 4.91. The minimum Gasteiger partial charge on any atom is -0.282 e. The fourth-order valence-corrected chi connectivity index (χ4v) is 2.86. The van der Waals surface area contributed by atoms with Crippen molar-refractivity contribution in [3.63, 3.8) is 0 Å². The van der Waals surface area contributed by atoms with Crippen molar-refractivity contribution in [3.8, 4) is 5.69 Å². The molecule has 0 fully saturated rings. The molecule has 4 aromatic rings. The zero-order valence-corrected chi connectivity index (χ0v) is 12.5. The number of pyridine rings is 1. The summed E-state index contributed by atoms with van der Waals surface area (Å²) in [6.07, 6.45) is 3.15. The van der Waals surface area contributed by atoms with Crippen LogP contribution in [0.4, 0.5) is 0 Å². The van der Waals surface area contributed by atoms with Gasteiger partial charge in [-0.3, -0.25) is 9.36 Å². The molecule has 22 heavy (non-hydrogen) atoms. The summed E-state index contributed by atoms with van der Waals surface area (Å²) in [5.41, 5.74) is 1.90. The summed E-state index contributed by atoms with van der Waals surface area (Å²) in [4.78, 5) is 22.0. The molecule has 0 aliphatic rings. The maximum absolute atomic E-state index is 12.9. The SMILES string of the molecule is Cc1nc2ncnn2c2ccn(-c3ccccc3S)c(=O)c12. The Morgan fingerprint density at radius 2 is 2.00 bits per heavy atom. The predicted molar refractivity (Wildman–Crippen MR) is 85.9 cm³/mol.